The summed E-state index contributed by atoms with van der Waals surface area (Å²) in [5, 5.41) is 0. The molecular formula is C43H56O10. The monoisotopic (exact) mass is 732 g/mol. The van der Waals surface area contributed by atoms with Crippen molar-refractivity contribution in [1.82, 2.24) is 0 Å². The summed E-state index contributed by atoms with van der Waals surface area (Å²) in [4.78, 5) is 62.3. The lowest BCUT2D eigenvalue weighted by atomic mass is 9.80. The number of esters is 5. The molecule has 0 heterocycles. The van der Waals surface area contributed by atoms with Gasteiger partial charge < -0.3 is 23.7 Å². The molecule has 0 unspecified atom stereocenters. The molecule has 0 spiro atoms. The van der Waals surface area contributed by atoms with Crippen molar-refractivity contribution in [3.05, 3.63) is 77.4 Å². The molecule has 0 aromatic heterocycles. The van der Waals surface area contributed by atoms with Crippen molar-refractivity contribution in [1.29, 1.82) is 0 Å². The van der Waals surface area contributed by atoms with Gasteiger partial charge in [0.15, 0.2) is 0 Å². The second-order valence-corrected chi connectivity index (χ2v) is 13.7. The topological polar surface area (TPSA) is 132 Å². The first-order valence-corrected chi connectivity index (χ1v) is 19.0. The van der Waals surface area contributed by atoms with Gasteiger partial charge >= 0.3 is 29.8 Å². The fourth-order valence-corrected chi connectivity index (χ4v) is 6.21. The molecule has 0 amide bonds. The first-order valence-electron chi connectivity index (χ1n) is 19.0. The zero-order valence-corrected chi connectivity index (χ0v) is 31.7. The minimum Gasteiger partial charge on any atom is -0.466 e. The largest absolute Gasteiger partial charge is 0.466 e. The lowest BCUT2D eigenvalue weighted by Crippen LogP contribution is -2.26. The van der Waals surface area contributed by atoms with Gasteiger partial charge in [-0.3, -0.25) is 4.79 Å². The van der Waals surface area contributed by atoms with Gasteiger partial charge in [-0.05, 0) is 93.3 Å². The van der Waals surface area contributed by atoms with E-state index in [1.54, 1.807) is 37.3 Å². The molecular weight excluding hydrogens is 676 g/mol. The molecule has 1 fully saturated rings. The maximum Gasteiger partial charge on any atom is 0.343 e. The molecule has 3 rings (SSSR count). The minimum atomic E-state index is -0.659. The van der Waals surface area contributed by atoms with E-state index in [-0.39, 0.29) is 47.1 Å². The Morgan fingerprint density at radius 2 is 1.36 bits per heavy atom. The zero-order chi connectivity index (χ0) is 38.4. The molecule has 53 heavy (non-hydrogen) atoms. The van der Waals surface area contributed by atoms with E-state index in [9.17, 15) is 24.0 Å². The number of unbranched alkanes of at least 4 members (excludes halogenated alkanes) is 8. The lowest BCUT2D eigenvalue weighted by molar-refractivity contribution is -0.140. The molecule has 1 aliphatic rings. The Labute approximate surface area is 314 Å². The van der Waals surface area contributed by atoms with Crippen LogP contribution >= 0.6 is 0 Å². The first kappa shape index (κ1) is 42.7. The van der Waals surface area contributed by atoms with E-state index in [4.69, 9.17) is 18.9 Å². The molecule has 10 nitrogen and oxygen atoms in total. The van der Waals surface area contributed by atoms with Gasteiger partial charge in [0.05, 0.1) is 31.8 Å². The summed E-state index contributed by atoms with van der Waals surface area (Å²) >= 11 is 0. The third-order valence-electron chi connectivity index (χ3n) is 9.33. The molecule has 1 saturated carbocycles. The third-order valence-corrected chi connectivity index (χ3v) is 9.33. The first-order chi connectivity index (χ1) is 25.6. The van der Waals surface area contributed by atoms with E-state index < -0.39 is 17.9 Å². The van der Waals surface area contributed by atoms with Crippen LogP contribution in [0, 0.1) is 11.8 Å². The van der Waals surface area contributed by atoms with Crippen LogP contribution in [0.1, 0.15) is 136 Å². The van der Waals surface area contributed by atoms with Crippen LogP contribution in [-0.2, 0) is 28.6 Å². The summed E-state index contributed by atoms with van der Waals surface area (Å²) in [5.74, 6) is -1.93. The summed E-state index contributed by atoms with van der Waals surface area (Å²) in [6.07, 6.45) is 17.5. The number of hydrogen-bond donors (Lipinski definition) is 0. The van der Waals surface area contributed by atoms with Crippen LogP contribution in [-0.4, -0.2) is 50.2 Å². The minimum absolute atomic E-state index is 0.0148. The van der Waals surface area contributed by atoms with Crippen molar-refractivity contribution in [2.45, 2.75) is 110 Å². The SMILES string of the molecule is C=C(C)C(=O)OCCCCCCCCCCCOC(=O)c1cc(OC(=O)c2ccc(C=CC(=O)OC)cc2)ccc1OC(=O)C1CCC(CCC)CC1. The van der Waals surface area contributed by atoms with Gasteiger partial charge in [0.2, 0.25) is 0 Å². The number of methoxy groups -OCH3 is 1. The average Bonchev–Trinajstić information content (AvgIpc) is 3.16. The molecule has 288 valence electrons. The molecule has 0 saturated heterocycles. The van der Waals surface area contributed by atoms with Gasteiger partial charge in [-0.15, -0.1) is 0 Å². The Morgan fingerprint density at radius 3 is 1.94 bits per heavy atom. The summed E-state index contributed by atoms with van der Waals surface area (Å²) in [6.45, 7) is 8.02. The van der Waals surface area contributed by atoms with E-state index in [2.05, 4.69) is 18.2 Å². The van der Waals surface area contributed by atoms with Gasteiger partial charge in [0.25, 0.3) is 0 Å². The molecule has 0 radical (unpaired) electrons. The number of benzene rings is 2. The average molecular weight is 733 g/mol. The summed E-state index contributed by atoms with van der Waals surface area (Å²) in [6, 6.07) is 10.8. The Bertz CT molecular complexity index is 1530. The quantitative estimate of drug-likeness (QED) is 0.0379. The van der Waals surface area contributed by atoms with E-state index in [1.165, 1.54) is 31.4 Å². The summed E-state index contributed by atoms with van der Waals surface area (Å²) in [7, 11) is 1.29. The van der Waals surface area contributed by atoms with Gasteiger partial charge in [0.1, 0.15) is 17.1 Å². The summed E-state index contributed by atoms with van der Waals surface area (Å²) < 4.78 is 26.7. The van der Waals surface area contributed by atoms with E-state index in [0.717, 1.165) is 89.9 Å². The summed E-state index contributed by atoms with van der Waals surface area (Å²) in [5.41, 5.74) is 1.39. The molecule has 0 atom stereocenters. The van der Waals surface area contributed by atoms with Gasteiger partial charge in [0, 0.05) is 11.6 Å². The Morgan fingerprint density at radius 1 is 0.755 bits per heavy atom. The number of ether oxygens (including phenoxy) is 5. The number of carbonyl (C=O) groups excluding carboxylic acids is 5. The van der Waals surface area contributed by atoms with E-state index in [0.29, 0.717) is 30.1 Å². The van der Waals surface area contributed by atoms with Crippen LogP contribution in [0.3, 0.4) is 0 Å². The number of carbonyl (C=O) groups is 5. The van der Waals surface area contributed by atoms with Gasteiger partial charge in [-0.2, -0.15) is 0 Å². The fourth-order valence-electron chi connectivity index (χ4n) is 6.21. The van der Waals surface area contributed by atoms with Crippen LogP contribution in [0.25, 0.3) is 6.08 Å². The molecule has 1 aliphatic carbocycles. The standard InChI is InChI=1S/C43H56O10/c1-5-15-32-16-21-35(22-17-32)42(47)53-38-26-25-36(52-41(46)34-23-18-33(19-24-34)20-27-39(44)49-4)30-37(38)43(48)51-29-14-12-10-8-6-7-9-11-13-28-50-40(45)31(2)3/h18-20,23-27,30,32,35H,2,5-17,21-22,28-29H2,1,3-4H3. The van der Waals surface area contributed by atoms with Crippen molar-refractivity contribution < 1.29 is 47.7 Å². The molecule has 2 aromatic carbocycles. The van der Waals surface area contributed by atoms with Crippen molar-refractivity contribution >= 4 is 35.9 Å². The molecule has 2 aromatic rings. The highest BCUT2D eigenvalue weighted by atomic mass is 16.6. The highest BCUT2D eigenvalue weighted by Gasteiger charge is 2.29. The Kier molecular flexibility index (Phi) is 19.1. The highest BCUT2D eigenvalue weighted by Crippen LogP contribution is 2.34. The fraction of sp³-hybridized carbons (Fsp3) is 0.512. The van der Waals surface area contributed by atoms with Crippen molar-refractivity contribution in [3.8, 4) is 11.5 Å². The van der Waals surface area contributed by atoms with Gasteiger partial charge in [-0.1, -0.05) is 83.4 Å². The van der Waals surface area contributed by atoms with Crippen LogP contribution in [0.2, 0.25) is 0 Å². The smallest absolute Gasteiger partial charge is 0.343 e. The maximum absolute atomic E-state index is 13.3. The number of hydrogen-bond acceptors (Lipinski definition) is 10. The molecule has 0 aliphatic heterocycles. The second kappa shape index (κ2) is 23.8. The Balaban J connectivity index is 1.52. The molecule has 10 heteroatoms. The van der Waals surface area contributed by atoms with Crippen molar-refractivity contribution in [3.63, 3.8) is 0 Å². The normalized spacial score (nSPS) is 15.4. The van der Waals surface area contributed by atoms with E-state index >= 15 is 0 Å². The van der Waals surface area contributed by atoms with Crippen molar-refractivity contribution in [2.24, 2.45) is 11.8 Å². The molecule has 0 N–H and O–H groups in total. The Hall–Kier alpha value is -4.73. The third kappa shape index (κ3) is 15.8. The van der Waals surface area contributed by atoms with Crippen molar-refractivity contribution in [2.75, 3.05) is 20.3 Å². The van der Waals surface area contributed by atoms with E-state index in [1.807, 2.05) is 0 Å². The molecule has 0 bridgehead atoms. The second-order valence-electron chi connectivity index (χ2n) is 13.7. The van der Waals surface area contributed by atoms with Crippen LogP contribution in [0.4, 0.5) is 0 Å². The highest BCUT2D eigenvalue weighted by molar-refractivity contribution is 5.95. The maximum atomic E-state index is 13.3. The van der Waals surface area contributed by atoms with Crippen LogP contribution < -0.4 is 9.47 Å². The van der Waals surface area contributed by atoms with Gasteiger partial charge in [-0.25, -0.2) is 19.2 Å². The predicted octanol–water partition coefficient (Wildman–Crippen LogP) is 9.39. The van der Waals surface area contributed by atoms with Crippen LogP contribution in [0.15, 0.2) is 60.7 Å². The lowest BCUT2D eigenvalue weighted by Gasteiger charge is -2.27. The number of rotatable bonds is 22. The van der Waals surface area contributed by atoms with Crippen LogP contribution in [0.5, 0.6) is 11.5 Å². The zero-order valence-electron chi connectivity index (χ0n) is 31.7. The predicted molar refractivity (Wildman–Crippen MR) is 202 cm³/mol.